The fourth-order valence-corrected chi connectivity index (χ4v) is 2.16. The Morgan fingerprint density at radius 3 is 2.67 bits per heavy atom. The third-order valence-electron chi connectivity index (χ3n) is 2.93. The third kappa shape index (κ3) is 3.12. The minimum Gasteiger partial charge on any atom is -0.322 e. The van der Waals surface area contributed by atoms with E-state index in [1.807, 2.05) is 41.2 Å². The van der Waals surface area contributed by atoms with Crippen LogP contribution in [0.15, 0.2) is 36.5 Å². The first-order chi connectivity index (χ1) is 8.70. The van der Waals surface area contributed by atoms with Crippen LogP contribution in [0.4, 0.5) is 0 Å². The van der Waals surface area contributed by atoms with E-state index >= 15 is 0 Å². The molecule has 0 aliphatic rings. The Kier molecular flexibility index (Phi) is 4.39. The van der Waals surface area contributed by atoms with Gasteiger partial charge in [0.05, 0.1) is 11.7 Å². The van der Waals surface area contributed by atoms with E-state index in [9.17, 15) is 0 Å². The summed E-state index contributed by atoms with van der Waals surface area (Å²) in [6.45, 7) is 3.05. The van der Waals surface area contributed by atoms with Gasteiger partial charge in [0.25, 0.3) is 0 Å². The van der Waals surface area contributed by atoms with E-state index in [0.29, 0.717) is 0 Å². The summed E-state index contributed by atoms with van der Waals surface area (Å²) in [5.74, 6) is 0. The van der Waals surface area contributed by atoms with Crippen molar-refractivity contribution >= 4 is 11.6 Å². The number of benzene rings is 1. The van der Waals surface area contributed by atoms with Crippen molar-refractivity contribution in [1.29, 1.82) is 0 Å². The van der Waals surface area contributed by atoms with Crippen molar-refractivity contribution in [3.05, 3.63) is 52.8 Å². The second-order valence-electron chi connectivity index (χ2n) is 4.42. The molecule has 1 atom stereocenters. The predicted molar refractivity (Wildman–Crippen MR) is 74.6 cm³/mol. The first-order valence-electron chi connectivity index (χ1n) is 6.22. The molecule has 1 aromatic carbocycles. The van der Waals surface area contributed by atoms with Crippen LogP contribution in [0.1, 0.15) is 30.6 Å². The van der Waals surface area contributed by atoms with Crippen molar-refractivity contribution < 1.29 is 0 Å². The van der Waals surface area contributed by atoms with Gasteiger partial charge in [0, 0.05) is 17.8 Å². The lowest BCUT2D eigenvalue weighted by molar-refractivity contribution is 0.538. The second-order valence-corrected chi connectivity index (χ2v) is 4.85. The van der Waals surface area contributed by atoms with Crippen molar-refractivity contribution in [2.45, 2.75) is 32.4 Å². The first kappa shape index (κ1) is 13.1. The molecule has 2 N–H and O–H groups in total. The Hall–Kier alpha value is -1.32. The highest BCUT2D eigenvalue weighted by molar-refractivity contribution is 6.30. The van der Waals surface area contributed by atoms with Gasteiger partial charge in [-0.15, -0.1) is 0 Å². The topological polar surface area (TPSA) is 43.8 Å². The molecule has 2 rings (SSSR count). The highest BCUT2D eigenvalue weighted by Crippen LogP contribution is 2.17. The molecule has 18 heavy (non-hydrogen) atoms. The lowest BCUT2D eigenvalue weighted by Gasteiger charge is -2.14. The summed E-state index contributed by atoms with van der Waals surface area (Å²) in [4.78, 5) is 0. The minimum absolute atomic E-state index is 0.0276. The molecule has 0 amide bonds. The van der Waals surface area contributed by atoms with Gasteiger partial charge >= 0.3 is 0 Å². The summed E-state index contributed by atoms with van der Waals surface area (Å²) in [5, 5.41) is 5.05. The standard InChI is InChI=1S/C14H18ClN3/c1-2-9-18-14(7-8-17-18)13(16)10-11-3-5-12(15)6-4-11/h3-8,13H,2,9-10,16H2,1H3. The van der Waals surface area contributed by atoms with Gasteiger partial charge in [-0.2, -0.15) is 5.10 Å². The van der Waals surface area contributed by atoms with Gasteiger partial charge in [-0.1, -0.05) is 30.7 Å². The van der Waals surface area contributed by atoms with Crippen molar-refractivity contribution in [3.8, 4) is 0 Å². The zero-order chi connectivity index (χ0) is 13.0. The zero-order valence-electron chi connectivity index (χ0n) is 10.5. The Balaban J connectivity index is 2.09. The highest BCUT2D eigenvalue weighted by atomic mass is 35.5. The summed E-state index contributed by atoms with van der Waals surface area (Å²) >= 11 is 5.87. The van der Waals surface area contributed by atoms with Crippen LogP contribution in [-0.2, 0) is 13.0 Å². The van der Waals surface area contributed by atoms with Crippen LogP contribution in [0, 0.1) is 0 Å². The quantitative estimate of drug-likeness (QED) is 0.900. The van der Waals surface area contributed by atoms with Gasteiger partial charge in [-0.05, 0) is 36.6 Å². The van der Waals surface area contributed by atoms with E-state index in [-0.39, 0.29) is 6.04 Å². The molecule has 0 aliphatic heterocycles. The summed E-state index contributed by atoms with van der Waals surface area (Å²) in [5.41, 5.74) is 8.53. The second kappa shape index (κ2) is 6.03. The number of aromatic nitrogens is 2. The van der Waals surface area contributed by atoms with E-state index in [2.05, 4.69) is 12.0 Å². The molecule has 0 saturated heterocycles. The fraction of sp³-hybridized carbons (Fsp3) is 0.357. The van der Waals surface area contributed by atoms with E-state index in [0.717, 1.165) is 30.1 Å². The Morgan fingerprint density at radius 1 is 1.28 bits per heavy atom. The van der Waals surface area contributed by atoms with Crippen molar-refractivity contribution in [3.63, 3.8) is 0 Å². The van der Waals surface area contributed by atoms with Crippen LogP contribution in [0.2, 0.25) is 5.02 Å². The first-order valence-corrected chi connectivity index (χ1v) is 6.60. The molecule has 96 valence electrons. The Bertz CT molecular complexity index is 490. The van der Waals surface area contributed by atoms with Crippen LogP contribution < -0.4 is 5.73 Å². The number of hydrogen-bond acceptors (Lipinski definition) is 2. The summed E-state index contributed by atoms with van der Waals surface area (Å²) in [6.07, 6.45) is 3.67. The van der Waals surface area contributed by atoms with E-state index in [1.54, 1.807) is 0 Å². The molecular formula is C14H18ClN3. The van der Waals surface area contributed by atoms with Crippen molar-refractivity contribution in [2.24, 2.45) is 5.73 Å². The number of rotatable bonds is 5. The van der Waals surface area contributed by atoms with Gasteiger partial charge in [0.1, 0.15) is 0 Å². The summed E-state index contributed by atoms with van der Waals surface area (Å²) in [6, 6.07) is 9.79. The summed E-state index contributed by atoms with van der Waals surface area (Å²) in [7, 11) is 0. The van der Waals surface area contributed by atoms with Crippen LogP contribution in [-0.4, -0.2) is 9.78 Å². The molecule has 3 nitrogen and oxygen atoms in total. The molecule has 0 bridgehead atoms. The maximum absolute atomic E-state index is 6.25. The van der Waals surface area contributed by atoms with Gasteiger partial charge in [0.2, 0.25) is 0 Å². The van der Waals surface area contributed by atoms with Gasteiger partial charge in [-0.3, -0.25) is 4.68 Å². The molecule has 0 spiro atoms. The van der Waals surface area contributed by atoms with Crippen LogP contribution in [0.3, 0.4) is 0 Å². The van der Waals surface area contributed by atoms with Crippen LogP contribution in [0.5, 0.6) is 0 Å². The van der Waals surface area contributed by atoms with Crippen molar-refractivity contribution in [2.75, 3.05) is 0 Å². The minimum atomic E-state index is -0.0276. The molecule has 1 aromatic heterocycles. The normalized spacial score (nSPS) is 12.6. The largest absolute Gasteiger partial charge is 0.322 e. The van der Waals surface area contributed by atoms with Crippen LogP contribution in [0.25, 0.3) is 0 Å². The molecular weight excluding hydrogens is 246 g/mol. The lowest BCUT2D eigenvalue weighted by Crippen LogP contribution is -2.18. The molecule has 2 aromatic rings. The van der Waals surface area contributed by atoms with Gasteiger partial charge < -0.3 is 5.73 Å². The zero-order valence-corrected chi connectivity index (χ0v) is 11.3. The van der Waals surface area contributed by atoms with E-state index in [4.69, 9.17) is 17.3 Å². The maximum atomic E-state index is 6.25. The molecule has 0 saturated carbocycles. The molecule has 0 radical (unpaired) electrons. The van der Waals surface area contributed by atoms with Crippen molar-refractivity contribution in [1.82, 2.24) is 9.78 Å². The highest BCUT2D eigenvalue weighted by Gasteiger charge is 2.12. The third-order valence-corrected chi connectivity index (χ3v) is 3.19. The van der Waals surface area contributed by atoms with Gasteiger partial charge in [0.15, 0.2) is 0 Å². The van der Waals surface area contributed by atoms with Crippen LogP contribution >= 0.6 is 11.6 Å². The fourth-order valence-electron chi connectivity index (χ4n) is 2.04. The molecule has 0 fully saturated rings. The number of nitrogens with two attached hydrogens (primary N) is 1. The average Bonchev–Trinajstić information content (AvgIpc) is 2.81. The van der Waals surface area contributed by atoms with E-state index < -0.39 is 0 Å². The molecule has 0 aliphatic carbocycles. The van der Waals surface area contributed by atoms with Gasteiger partial charge in [-0.25, -0.2) is 0 Å². The number of halogens is 1. The number of hydrogen-bond donors (Lipinski definition) is 1. The average molecular weight is 264 g/mol. The Morgan fingerprint density at radius 2 is 2.00 bits per heavy atom. The molecule has 1 unspecified atom stereocenters. The molecule has 4 heteroatoms. The monoisotopic (exact) mass is 263 g/mol. The Labute approximate surface area is 113 Å². The molecule has 1 heterocycles. The maximum Gasteiger partial charge on any atom is 0.0554 e. The summed E-state index contributed by atoms with van der Waals surface area (Å²) < 4.78 is 1.99. The smallest absolute Gasteiger partial charge is 0.0554 e. The number of nitrogens with zero attached hydrogens (tertiary/aromatic N) is 2. The predicted octanol–water partition coefficient (Wildman–Crippen LogP) is 3.19. The SMILES string of the molecule is CCCn1nccc1C(N)Cc1ccc(Cl)cc1. The van der Waals surface area contributed by atoms with E-state index in [1.165, 1.54) is 5.56 Å². The number of aryl methyl sites for hydroxylation is 1. The lowest BCUT2D eigenvalue weighted by atomic mass is 10.0.